The van der Waals surface area contributed by atoms with Crippen LogP contribution in [-0.2, 0) is 13.1 Å². The Bertz CT molecular complexity index is 907. The molecule has 0 aliphatic carbocycles. The number of rotatable bonds is 6. The third kappa shape index (κ3) is 3.60. The van der Waals surface area contributed by atoms with Gasteiger partial charge >= 0.3 is 0 Å². The molecule has 0 atom stereocenters. The molecule has 5 nitrogen and oxygen atoms in total. The van der Waals surface area contributed by atoms with Crippen molar-refractivity contribution in [3.05, 3.63) is 89.0 Å². The molecule has 0 radical (unpaired) electrons. The Morgan fingerprint density at radius 3 is 2.58 bits per heavy atom. The van der Waals surface area contributed by atoms with Crippen molar-refractivity contribution in [2.24, 2.45) is 0 Å². The van der Waals surface area contributed by atoms with Gasteiger partial charge in [0.25, 0.3) is 5.91 Å². The fourth-order valence-electron chi connectivity index (χ4n) is 2.70. The second-order valence-electron chi connectivity index (χ2n) is 5.76. The molecule has 0 unspecified atom stereocenters. The predicted octanol–water partition coefficient (Wildman–Crippen LogP) is 4.84. The maximum absolute atomic E-state index is 13.0. The highest BCUT2D eigenvalue weighted by molar-refractivity contribution is 7.09. The highest BCUT2D eigenvalue weighted by atomic mass is 32.1. The first-order chi connectivity index (χ1) is 12.8. The predicted molar refractivity (Wildman–Crippen MR) is 98.5 cm³/mol. The van der Waals surface area contributed by atoms with Crippen molar-refractivity contribution in [2.45, 2.75) is 13.1 Å². The van der Waals surface area contributed by atoms with Crippen LogP contribution in [-0.4, -0.2) is 15.8 Å². The van der Waals surface area contributed by atoms with E-state index in [0.717, 1.165) is 16.2 Å². The molecular formula is C20H16N2O3S. The second-order valence-corrected chi connectivity index (χ2v) is 6.80. The number of furan rings is 1. The van der Waals surface area contributed by atoms with Gasteiger partial charge in [-0.25, -0.2) is 4.98 Å². The fourth-order valence-corrected chi connectivity index (χ4v) is 3.42. The highest BCUT2D eigenvalue weighted by Gasteiger charge is 2.18. The molecule has 4 aromatic rings. The van der Waals surface area contributed by atoms with Crippen molar-refractivity contribution < 1.29 is 13.6 Å². The molecule has 0 saturated carbocycles. The molecule has 0 aliphatic heterocycles. The number of oxazole rings is 1. The van der Waals surface area contributed by atoms with E-state index in [1.54, 1.807) is 28.7 Å². The van der Waals surface area contributed by atoms with E-state index < -0.39 is 0 Å². The minimum atomic E-state index is -0.0427. The summed E-state index contributed by atoms with van der Waals surface area (Å²) in [6.07, 6.45) is 4.66. The van der Waals surface area contributed by atoms with Crippen LogP contribution in [0.25, 0.3) is 11.3 Å². The molecular weight excluding hydrogens is 348 g/mol. The van der Waals surface area contributed by atoms with Gasteiger partial charge in [-0.2, -0.15) is 0 Å². The molecule has 3 aromatic heterocycles. The Hall–Kier alpha value is -3.12. The summed E-state index contributed by atoms with van der Waals surface area (Å²) in [5.41, 5.74) is 1.51. The third-order valence-electron chi connectivity index (χ3n) is 3.99. The van der Waals surface area contributed by atoms with E-state index in [-0.39, 0.29) is 5.91 Å². The number of amides is 1. The van der Waals surface area contributed by atoms with Gasteiger partial charge in [0.2, 0.25) is 0 Å². The van der Waals surface area contributed by atoms with E-state index in [4.69, 9.17) is 8.83 Å². The molecule has 0 bridgehead atoms. The Kier molecular flexibility index (Phi) is 4.66. The summed E-state index contributed by atoms with van der Waals surface area (Å²) in [6, 6.07) is 15.1. The first kappa shape index (κ1) is 16.4. The summed E-state index contributed by atoms with van der Waals surface area (Å²) < 4.78 is 10.7. The number of thiophene rings is 1. The Morgan fingerprint density at radius 1 is 1.04 bits per heavy atom. The minimum Gasteiger partial charge on any atom is -0.467 e. The van der Waals surface area contributed by atoms with Crippen molar-refractivity contribution in [3.63, 3.8) is 0 Å². The molecule has 0 fully saturated rings. The van der Waals surface area contributed by atoms with E-state index in [1.165, 1.54) is 6.39 Å². The van der Waals surface area contributed by atoms with Gasteiger partial charge in [0.1, 0.15) is 5.76 Å². The van der Waals surface area contributed by atoms with Crippen molar-refractivity contribution >= 4 is 17.2 Å². The zero-order valence-electron chi connectivity index (χ0n) is 13.9. The van der Waals surface area contributed by atoms with Gasteiger partial charge in [0.05, 0.1) is 25.5 Å². The molecule has 0 spiro atoms. The summed E-state index contributed by atoms with van der Waals surface area (Å²) in [5.74, 6) is 1.39. The Morgan fingerprint density at radius 2 is 1.92 bits per heavy atom. The van der Waals surface area contributed by atoms with E-state index >= 15 is 0 Å². The lowest BCUT2D eigenvalue weighted by Crippen LogP contribution is -2.29. The normalized spacial score (nSPS) is 10.8. The Labute approximate surface area is 154 Å². The Balaban J connectivity index is 1.56. The summed E-state index contributed by atoms with van der Waals surface area (Å²) in [5, 5.41) is 2.01. The van der Waals surface area contributed by atoms with Crippen LogP contribution in [0, 0.1) is 0 Å². The average molecular weight is 364 g/mol. The van der Waals surface area contributed by atoms with Crippen LogP contribution in [0.2, 0.25) is 0 Å². The maximum atomic E-state index is 13.0. The van der Waals surface area contributed by atoms with Gasteiger partial charge in [-0.15, -0.1) is 11.3 Å². The van der Waals surface area contributed by atoms with Gasteiger partial charge in [-0.05, 0) is 35.7 Å². The van der Waals surface area contributed by atoms with Gasteiger partial charge in [0, 0.05) is 16.0 Å². The van der Waals surface area contributed by atoms with Crippen molar-refractivity contribution in [2.75, 3.05) is 0 Å². The first-order valence-corrected chi connectivity index (χ1v) is 9.00. The van der Waals surface area contributed by atoms with Crippen LogP contribution < -0.4 is 0 Å². The quantitative estimate of drug-likeness (QED) is 0.491. The largest absolute Gasteiger partial charge is 0.467 e. The smallest absolute Gasteiger partial charge is 0.254 e. The number of hydrogen-bond acceptors (Lipinski definition) is 5. The first-order valence-electron chi connectivity index (χ1n) is 8.12. The summed E-state index contributed by atoms with van der Waals surface area (Å²) in [7, 11) is 0. The molecule has 4 rings (SSSR count). The minimum absolute atomic E-state index is 0.0427. The number of aromatic nitrogens is 1. The molecule has 1 aromatic carbocycles. The summed E-state index contributed by atoms with van der Waals surface area (Å²) >= 11 is 1.63. The lowest BCUT2D eigenvalue weighted by Gasteiger charge is -2.21. The SMILES string of the molecule is O=C(c1ccc(-c2cnco2)cc1)N(Cc1ccco1)Cc1cccs1. The molecule has 3 heterocycles. The zero-order chi connectivity index (χ0) is 17.8. The lowest BCUT2D eigenvalue weighted by atomic mass is 10.1. The average Bonchev–Trinajstić information content (AvgIpc) is 3.43. The highest BCUT2D eigenvalue weighted by Crippen LogP contribution is 2.21. The number of carbonyl (C=O) groups excluding carboxylic acids is 1. The van der Waals surface area contributed by atoms with E-state index in [9.17, 15) is 4.79 Å². The molecule has 6 heteroatoms. The van der Waals surface area contributed by atoms with Crippen LogP contribution in [0.5, 0.6) is 0 Å². The number of nitrogens with zero attached hydrogens (tertiary/aromatic N) is 2. The van der Waals surface area contributed by atoms with Gasteiger partial charge in [-0.3, -0.25) is 4.79 Å². The molecule has 1 amide bonds. The van der Waals surface area contributed by atoms with Crippen molar-refractivity contribution in [1.29, 1.82) is 0 Å². The van der Waals surface area contributed by atoms with Crippen molar-refractivity contribution in [3.8, 4) is 11.3 Å². The van der Waals surface area contributed by atoms with Gasteiger partial charge in [-0.1, -0.05) is 18.2 Å². The second kappa shape index (κ2) is 7.41. The van der Waals surface area contributed by atoms with Crippen molar-refractivity contribution in [1.82, 2.24) is 9.88 Å². The lowest BCUT2D eigenvalue weighted by molar-refractivity contribution is 0.0719. The molecule has 0 N–H and O–H groups in total. The fraction of sp³-hybridized carbons (Fsp3) is 0.100. The van der Waals surface area contributed by atoms with Gasteiger partial charge in [0.15, 0.2) is 12.2 Å². The standard InChI is InChI=1S/C20H16N2O3S/c23-20(16-7-5-15(6-8-16)19-11-21-14-25-19)22(12-17-3-1-9-24-17)13-18-4-2-10-26-18/h1-11,14H,12-13H2. The van der Waals surface area contributed by atoms with Crippen LogP contribution >= 0.6 is 11.3 Å². The molecule has 0 saturated heterocycles. The van der Waals surface area contributed by atoms with Crippen LogP contribution in [0.1, 0.15) is 21.0 Å². The number of carbonyl (C=O) groups is 1. The number of hydrogen-bond donors (Lipinski definition) is 0. The monoisotopic (exact) mass is 364 g/mol. The number of benzene rings is 1. The molecule has 130 valence electrons. The van der Waals surface area contributed by atoms with Crippen LogP contribution in [0.3, 0.4) is 0 Å². The van der Waals surface area contributed by atoms with Crippen LogP contribution in [0.15, 0.2) is 81.6 Å². The van der Waals surface area contributed by atoms with E-state index in [1.807, 2.05) is 53.9 Å². The molecule has 26 heavy (non-hydrogen) atoms. The maximum Gasteiger partial charge on any atom is 0.254 e. The third-order valence-corrected chi connectivity index (χ3v) is 4.85. The van der Waals surface area contributed by atoms with Gasteiger partial charge < -0.3 is 13.7 Å². The van der Waals surface area contributed by atoms with E-state index in [2.05, 4.69) is 4.98 Å². The molecule has 0 aliphatic rings. The topological polar surface area (TPSA) is 59.5 Å². The zero-order valence-corrected chi connectivity index (χ0v) is 14.7. The summed E-state index contributed by atoms with van der Waals surface area (Å²) in [6.45, 7) is 0.967. The van der Waals surface area contributed by atoms with Crippen LogP contribution in [0.4, 0.5) is 0 Å². The summed E-state index contributed by atoms with van der Waals surface area (Å²) in [4.78, 5) is 19.9. The van der Waals surface area contributed by atoms with E-state index in [0.29, 0.717) is 24.4 Å².